The third-order valence-electron chi connectivity index (χ3n) is 2.48. The number of fused-ring (bicyclic) bond motifs is 3. The Hall–Kier alpha value is -2.17. The van der Waals surface area contributed by atoms with Gasteiger partial charge in [0.2, 0.25) is 0 Å². The van der Waals surface area contributed by atoms with Crippen LogP contribution in [0.3, 0.4) is 0 Å². The van der Waals surface area contributed by atoms with Crippen molar-refractivity contribution in [3.63, 3.8) is 0 Å². The van der Waals surface area contributed by atoms with E-state index < -0.39 is 0 Å². The summed E-state index contributed by atoms with van der Waals surface area (Å²) < 4.78 is 1.55. The Balaban J connectivity index is 2.69. The molecule has 0 radical (unpaired) electrons. The lowest BCUT2D eigenvalue weighted by molar-refractivity contribution is 0.893. The second-order valence-corrected chi connectivity index (χ2v) is 3.38. The molecule has 0 spiro atoms. The number of nitrogens with zero attached hydrogens (tertiary/aromatic N) is 3. The van der Waals surface area contributed by atoms with E-state index in [0.717, 1.165) is 16.6 Å². The second-order valence-electron chi connectivity index (χ2n) is 3.38. The first kappa shape index (κ1) is 8.16. The highest BCUT2D eigenvalue weighted by Gasteiger charge is 2.08. The van der Waals surface area contributed by atoms with E-state index in [2.05, 4.69) is 15.0 Å². The molecule has 3 aromatic heterocycles. The highest BCUT2D eigenvalue weighted by molar-refractivity contribution is 5.98. The van der Waals surface area contributed by atoms with Gasteiger partial charge in [-0.25, -0.2) is 4.79 Å². The molecule has 0 amide bonds. The number of rotatable bonds is 0. The monoisotopic (exact) mass is 200 g/mol. The second kappa shape index (κ2) is 2.66. The van der Waals surface area contributed by atoms with Crippen LogP contribution in [0, 0.1) is 0 Å². The lowest BCUT2D eigenvalue weighted by Crippen LogP contribution is -2.12. The fraction of sp³-hybridized carbons (Fsp3) is 0.100. The van der Waals surface area contributed by atoms with Crippen LogP contribution < -0.4 is 5.69 Å². The predicted octanol–water partition coefficient (Wildman–Crippen LogP) is 0.810. The number of aryl methyl sites for hydroxylation is 1. The standard InChI is InChI=1S/C10H8N4O/c1-14-9-7(13-10(14)15)5-12-6-3-2-4-11-8(6)9/h2-5H,1H3,(H,13,15). The van der Waals surface area contributed by atoms with Crippen molar-refractivity contribution in [3.05, 3.63) is 35.0 Å². The van der Waals surface area contributed by atoms with Gasteiger partial charge in [-0.05, 0) is 12.1 Å². The number of hydrogen-bond donors (Lipinski definition) is 1. The first-order chi connectivity index (χ1) is 7.27. The minimum Gasteiger partial charge on any atom is -0.304 e. The van der Waals surface area contributed by atoms with Gasteiger partial charge in [-0.3, -0.25) is 14.5 Å². The zero-order valence-corrected chi connectivity index (χ0v) is 8.06. The van der Waals surface area contributed by atoms with Crippen molar-refractivity contribution in [2.45, 2.75) is 0 Å². The van der Waals surface area contributed by atoms with E-state index in [1.165, 1.54) is 0 Å². The van der Waals surface area contributed by atoms with E-state index in [-0.39, 0.29) is 5.69 Å². The summed E-state index contributed by atoms with van der Waals surface area (Å²) >= 11 is 0. The molecule has 5 heteroatoms. The average molecular weight is 200 g/mol. The van der Waals surface area contributed by atoms with Gasteiger partial charge in [0.25, 0.3) is 0 Å². The maximum Gasteiger partial charge on any atom is 0.326 e. The number of nitrogens with one attached hydrogen (secondary N) is 1. The molecule has 5 nitrogen and oxygen atoms in total. The van der Waals surface area contributed by atoms with E-state index in [0.29, 0.717) is 5.52 Å². The molecule has 0 aromatic carbocycles. The lowest BCUT2D eigenvalue weighted by Gasteiger charge is -1.98. The molecule has 0 aliphatic heterocycles. The summed E-state index contributed by atoms with van der Waals surface area (Å²) in [6.45, 7) is 0. The van der Waals surface area contributed by atoms with Crippen molar-refractivity contribution in [2.24, 2.45) is 7.05 Å². The van der Waals surface area contributed by atoms with Gasteiger partial charge in [0, 0.05) is 13.2 Å². The van der Waals surface area contributed by atoms with Gasteiger partial charge < -0.3 is 4.98 Å². The Morgan fingerprint density at radius 1 is 1.40 bits per heavy atom. The summed E-state index contributed by atoms with van der Waals surface area (Å²) in [5.74, 6) is 0. The van der Waals surface area contributed by atoms with Crippen LogP contribution in [-0.2, 0) is 7.05 Å². The first-order valence-electron chi connectivity index (χ1n) is 4.56. The zero-order chi connectivity index (χ0) is 10.4. The molecule has 0 atom stereocenters. The molecule has 0 fully saturated rings. The summed E-state index contributed by atoms with van der Waals surface area (Å²) in [6.07, 6.45) is 3.35. The van der Waals surface area contributed by atoms with Gasteiger partial charge in [-0.1, -0.05) is 0 Å². The molecule has 74 valence electrons. The van der Waals surface area contributed by atoms with E-state index in [4.69, 9.17) is 0 Å². The van der Waals surface area contributed by atoms with Crippen molar-refractivity contribution < 1.29 is 0 Å². The average Bonchev–Trinajstić information content (AvgIpc) is 2.55. The van der Waals surface area contributed by atoms with E-state index in [1.54, 1.807) is 24.0 Å². The molecular weight excluding hydrogens is 192 g/mol. The summed E-state index contributed by atoms with van der Waals surface area (Å²) in [6, 6.07) is 3.70. The number of imidazole rings is 1. The molecule has 1 N–H and O–H groups in total. The number of aromatic nitrogens is 4. The molecule has 3 rings (SSSR count). The Kier molecular flexibility index (Phi) is 1.45. The van der Waals surface area contributed by atoms with Gasteiger partial charge >= 0.3 is 5.69 Å². The van der Waals surface area contributed by atoms with Crippen LogP contribution >= 0.6 is 0 Å². The van der Waals surface area contributed by atoms with Gasteiger partial charge in [0.05, 0.1) is 22.7 Å². The summed E-state index contributed by atoms with van der Waals surface area (Å²) in [5, 5.41) is 0. The number of aromatic amines is 1. The fourth-order valence-corrected chi connectivity index (χ4v) is 1.74. The smallest absolute Gasteiger partial charge is 0.304 e. The zero-order valence-electron chi connectivity index (χ0n) is 8.06. The van der Waals surface area contributed by atoms with Crippen LogP contribution in [0.4, 0.5) is 0 Å². The highest BCUT2D eigenvalue weighted by Crippen LogP contribution is 2.17. The van der Waals surface area contributed by atoms with E-state index in [9.17, 15) is 4.79 Å². The van der Waals surface area contributed by atoms with Crippen molar-refractivity contribution >= 4 is 22.1 Å². The van der Waals surface area contributed by atoms with Gasteiger partial charge in [0.1, 0.15) is 5.52 Å². The van der Waals surface area contributed by atoms with Crippen LogP contribution in [-0.4, -0.2) is 19.5 Å². The molecule has 0 unspecified atom stereocenters. The third kappa shape index (κ3) is 0.999. The van der Waals surface area contributed by atoms with Gasteiger partial charge in [0.15, 0.2) is 0 Å². The molecule has 3 heterocycles. The fourth-order valence-electron chi connectivity index (χ4n) is 1.74. The molecule has 0 saturated heterocycles. The van der Waals surface area contributed by atoms with E-state index >= 15 is 0 Å². The topological polar surface area (TPSA) is 63.6 Å². The molecule has 0 saturated carbocycles. The van der Waals surface area contributed by atoms with Crippen LogP contribution in [0.1, 0.15) is 0 Å². The molecule has 15 heavy (non-hydrogen) atoms. The van der Waals surface area contributed by atoms with Gasteiger partial charge in [-0.2, -0.15) is 0 Å². The maximum atomic E-state index is 11.4. The molecule has 0 aliphatic rings. The largest absolute Gasteiger partial charge is 0.326 e. The SMILES string of the molecule is Cn1c(=O)[nH]c2cnc3cccnc3c21. The maximum absolute atomic E-state index is 11.4. The Morgan fingerprint density at radius 3 is 3.13 bits per heavy atom. The molecule has 3 aromatic rings. The van der Waals surface area contributed by atoms with Crippen LogP contribution in [0.2, 0.25) is 0 Å². The van der Waals surface area contributed by atoms with Crippen LogP contribution in [0.15, 0.2) is 29.3 Å². The van der Waals surface area contributed by atoms with Gasteiger partial charge in [-0.15, -0.1) is 0 Å². The lowest BCUT2D eigenvalue weighted by atomic mass is 10.3. The molecule has 0 bridgehead atoms. The Labute approximate surface area is 84.4 Å². The summed E-state index contributed by atoms with van der Waals surface area (Å²) in [7, 11) is 1.72. The van der Waals surface area contributed by atoms with Crippen molar-refractivity contribution in [1.29, 1.82) is 0 Å². The minimum absolute atomic E-state index is 0.148. The Morgan fingerprint density at radius 2 is 2.27 bits per heavy atom. The molecular formula is C10H8N4O. The number of H-pyrrole nitrogens is 1. The number of pyridine rings is 2. The summed E-state index contributed by atoms with van der Waals surface area (Å²) in [4.78, 5) is 22.6. The van der Waals surface area contributed by atoms with E-state index in [1.807, 2.05) is 12.1 Å². The normalized spacial score (nSPS) is 11.3. The number of hydrogen-bond acceptors (Lipinski definition) is 3. The summed E-state index contributed by atoms with van der Waals surface area (Å²) in [5.41, 5.74) is 2.90. The highest BCUT2D eigenvalue weighted by atomic mass is 16.1. The predicted molar refractivity (Wildman–Crippen MR) is 56.6 cm³/mol. The first-order valence-corrected chi connectivity index (χ1v) is 4.56. The van der Waals surface area contributed by atoms with Crippen molar-refractivity contribution in [1.82, 2.24) is 19.5 Å². The van der Waals surface area contributed by atoms with Crippen molar-refractivity contribution in [2.75, 3.05) is 0 Å². The molecule has 0 aliphatic carbocycles. The minimum atomic E-state index is -0.148. The quantitative estimate of drug-likeness (QED) is 0.584. The Bertz CT molecular complexity index is 710. The van der Waals surface area contributed by atoms with Crippen LogP contribution in [0.5, 0.6) is 0 Å². The third-order valence-corrected chi connectivity index (χ3v) is 2.48. The van der Waals surface area contributed by atoms with Crippen LogP contribution in [0.25, 0.3) is 22.1 Å². The van der Waals surface area contributed by atoms with Crippen molar-refractivity contribution in [3.8, 4) is 0 Å².